The van der Waals surface area contributed by atoms with Gasteiger partial charge in [0.2, 0.25) is 0 Å². The summed E-state index contributed by atoms with van der Waals surface area (Å²) < 4.78 is 10.0. The van der Waals surface area contributed by atoms with Crippen molar-refractivity contribution in [3.63, 3.8) is 0 Å². The van der Waals surface area contributed by atoms with E-state index in [1.165, 1.54) is 13.3 Å². The van der Waals surface area contributed by atoms with Crippen LogP contribution in [-0.4, -0.2) is 25.2 Å². The molecule has 4 nitrogen and oxygen atoms in total. The highest BCUT2D eigenvalue weighted by Gasteiger charge is 2.36. The molecular formula is C15H26O4. The number of ether oxygens (including phenoxy) is 2. The van der Waals surface area contributed by atoms with Gasteiger partial charge in [-0.05, 0) is 30.6 Å². The van der Waals surface area contributed by atoms with Crippen molar-refractivity contribution in [2.24, 2.45) is 23.7 Å². The molecule has 1 aliphatic rings. The molecule has 19 heavy (non-hydrogen) atoms. The maximum absolute atomic E-state index is 12.1. The monoisotopic (exact) mass is 270 g/mol. The standard InChI is InChI=1S/C15H26O4/c1-10(2)13-6-5-11(3)9-14(13)15(17)19-8-7-18-12(4)16/h10-11,13-14H,5-9H2,1-4H3. The Hall–Kier alpha value is -1.06. The minimum absolute atomic E-state index is 0.000998. The Morgan fingerprint density at radius 3 is 2.37 bits per heavy atom. The first-order chi connectivity index (χ1) is 8.91. The van der Waals surface area contributed by atoms with Crippen molar-refractivity contribution >= 4 is 11.9 Å². The van der Waals surface area contributed by atoms with Gasteiger partial charge in [0.15, 0.2) is 0 Å². The van der Waals surface area contributed by atoms with Gasteiger partial charge in [0.25, 0.3) is 0 Å². The average Bonchev–Trinajstić information content (AvgIpc) is 2.33. The van der Waals surface area contributed by atoms with Gasteiger partial charge in [-0.2, -0.15) is 0 Å². The first kappa shape index (κ1) is 16.0. The zero-order valence-electron chi connectivity index (χ0n) is 12.5. The molecule has 1 saturated carbocycles. The highest BCUT2D eigenvalue weighted by molar-refractivity contribution is 5.73. The van der Waals surface area contributed by atoms with Gasteiger partial charge >= 0.3 is 11.9 Å². The number of rotatable bonds is 5. The fraction of sp³-hybridized carbons (Fsp3) is 0.867. The summed E-state index contributed by atoms with van der Waals surface area (Å²) in [6.07, 6.45) is 3.21. The molecule has 3 unspecified atom stereocenters. The fourth-order valence-corrected chi connectivity index (χ4v) is 2.91. The number of hydrogen-bond acceptors (Lipinski definition) is 4. The zero-order valence-corrected chi connectivity index (χ0v) is 12.5. The lowest BCUT2D eigenvalue weighted by Crippen LogP contribution is -2.34. The second kappa shape index (κ2) is 7.51. The van der Waals surface area contributed by atoms with Gasteiger partial charge in [-0.3, -0.25) is 9.59 Å². The summed E-state index contributed by atoms with van der Waals surface area (Å²) >= 11 is 0. The Bertz CT molecular complexity index is 311. The Kier molecular flexibility index (Phi) is 6.32. The third-order valence-corrected chi connectivity index (χ3v) is 3.96. The first-order valence-electron chi connectivity index (χ1n) is 7.21. The molecule has 0 spiro atoms. The maximum atomic E-state index is 12.1. The average molecular weight is 270 g/mol. The minimum Gasteiger partial charge on any atom is -0.462 e. The molecule has 0 saturated heterocycles. The number of carbonyl (C=O) groups is 2. The number of carbonyl (C=O) groups excluding carboxylic acids is 2. The Morgan fingerprint density at radius 2 is 1.79 bits per heavy atom. The Labute approximate surface area is 115 Å². The molecule has 0 aliphatic heterocycles. The maximum Gasteiger partial charge on any atom is 0.309 e. The zero-order chi connectivity index (χ0) is 14.4. The van der Waals surface area contributed by atoms with Crippen LogP contribution in [0.2, 0.25) is 0 Å². The number of hydrogen-bond donors (Lipinski definition) is 0. The van der Waals surface area contributed by atoms with Crippen LogP contribution in [0.15, 0.2) is 0 Å². The molecule has 0 N–H and O–H groups in total. The van der Waals surface area contributed by atoms with Crippen LogP contribution >= 0.6 is 0 Å². The van der Waals surface area contributed by atoms with Crippen molar-refractivity contribution in [2.45, 2.75) is 47.0 Å². The van der Waals surface area contributed by atoms with E-state index >= 15 is 0 Å². The van der Waals surface area contributed by atoms with Crippen LogP contribution in [0.25, 0.3) is 0 Å². The fourth-order valence-electron chi connectivity index (χ4n) is 2.91. The van der Waals surface area contributed by atoms with Crippen molar-refractivity contribution in [1.82, 2.24) is 0 Å². The van der Waals surface area contributed by atoms with E-state index in [-0.39, 0.29) is 31.1 Å². The van der Waals surface area contributed by atoms with Crippen LogP contribution in [0, 0.1) is 23.7 Å². The largest absolute Gasteiger partial charge is 0.462 e. The van der Waals surface area contributed by atoms with Gasteiger partial charge in [-0.1, -0.05) is 27.2 Å². The molecule has 1 aliphatic carbocycles. The van der Waals surface area contributed by atoms with E-state index < -0.39 is 0 Å². The van der Waals surface area contributed by atoms with E-state index in [1.54, 1.807) is 0 Å². The topological polar surface area (TPSA) is 52.6 Å². The van der Waals surface area contributed by atoms with Crippen molar-refractivity contribution in [1.29, 1.82) is 0 Å². The molecule has 0 aromatic rings. The molecule has 3 atom stereocenters. The summed E-state index contributed by atoms with van der Waals surface area (Å²) in [5.74, 6) is 1.03. The van der Waals surface area contributed by atoms with Crippen LogP contribution in [0.3, 0.4) is 0 Å². The van der Waals surface area contributed by atoms with Crippen molar-refractivity contribution < 1.29 is 19.1 Å². The highest BCUT2D eigenvalue weighted by Crippen LogP contribution is 2.38. The third-order valence-electron chi connectivity index (χ3n) is 3.96. The smallest absolute Gasteiger partial charge is 0.309 e. The molecule has 0 bridgehead atoms. The lowest BCUT2D eigenvalue weighted by atomic mass is 9.70. The number of esters is 2. The molecule has 1 rings (SSSR count). The van der Waals surface area contributed by atoms with E-state index in [0.29, 0.717) is 17.8 Å². The summed E-state index contributed by atoms with van der Waals surface area (Å²) in [5.41, 5.74) is 0. The molecule has 0 amide bonds. The molecule has 0 aromatic carbocycles. The SMILES string of the molecule is CC(=O)OCCOC(=O)C1CC(C)CCC1C(C)C. The van der Waals surface area contributed by atoms with Gasteiger partial charge in [-0.25, -0.2) is 0 Å². The van der Waals surface area contributed by atoms with E-state index in [0.717, 1.165) is 12.8 Å². The van der Waals surface area contributed by atoms with Crippen molar-refractivity contribution in [3.05, 3.63) is 0 Å². The normalized spacial score (nSPS) is 27.1. The predicted molar refractivity (Wildman–Crippen MR) is 72.4 cm³/mol. The molecule has 110 valence electrons. The lowest BCUT2D eigenvalue weighted by Gasteiger charge is -2.35. The van der Waals surface area contributed by atoms with Gasteiger partial charge in [0.05, 0.1) is 5.92 Å². The Balaban J connectivity index is 2.44. The first-order valence-corrected chi connectivity index (χ1v) is 7.21. The van der Waals surface area contributed by atoms with Gasteiger partial charge < -0.3 is 9.47 Å². The summed E-state index contributed by atoms with van der Waals surface area (Å²) in [4.78, 5) is 22.8. The van der Waals surface area contributed by atoms with Crippen LogP contribution in [0.5, 0.6) is 0 Å². The van der Waals surface area contributed by atoms with Crippen LogP contribution in [0.4, 0.5) is 0 Å². The van der Waals surface area contributed by atoms with E-state index in [1.807, 2.05) is 0 Å². The summed E-state index contributed by atoms with van der Waals surface area (Å²) in [6.45, 7) is 8.18. The van der Waals surface area contributed by atoms with E-state index in [4.69, 9.17) is 9.47 Å². The van der Waals surface area contributed by atoms with Crippen LogP contribution < -0.4 is 0 Å². The molecule has 0 aromatic heterocycles. The van der Waals surface area contributed by atoms with Gasteiger partial charge in [-0.15, -0.1) is 0 Å². The molecular weight excluding hydrogens is 244 g/mol. The van der Waals surface area contributed by atoms with Crippen molar-refractivity contribution in [3.8, 4) is 0 Å². The van der Waals surface area contributed by atoms with E-state index in [9.17, 15) is 9.59 Å². The lowest BCUT2D eigenvalue weighted by molar-refractivity contribution is -0.158. The van der Waals surface area contributed by atoms with Gasteiger partial charge in [0, 0.05) is 6.92 Å². The second-order valence-corrected chi connectivity index (χ2v) is 5.94. The molecule has 0 heterocycles. The minimum atomic E-state index is -0.345. The Morgan fingerprint density at radius 1 is 1.16 bits per heavy atom. The molecule has 1 fully saturated rings. The summed E-state index contributed by atoms with van der Waals surface area (Å²) in [6, 6.07) is 0. The highest BCUT2D eigenvalue weighted by atomic mass is 16.6. The van der Waals surface area contributed by atoms with Crippen LogP contribution in [-0.2, 0) is 19.1 Å². The summed E-state index contributed by atoms with van der Waals surface area (Å²) in [5, 5.41) is 0. The van der Waals surface area contributed by atoms with Crippen molar-refractivity contribution in [2.75, 3.05) is 13.2 Å². The molecule has 0 radical (unpaired) electrons. The quantitative estimate of drug-likeness (QED) is 0.569. The van der Waals surface area contributed by atoms with E-state index in [2.05, 4.69) is 20.8 Å². The predicted octanol–water partition coefficient (Wildman–Crippen LogP) is 2.80. The molecule has 4 heteroatoms. The van der Waals surface area contributed by atoms with Crippen LogP contribution in [0.1, 0.15) is 47.0 Å². The third kappa shape index (κ3) is 5.21. The van der Waals surface area contributed by atoms with Gasteiger partial charge in [0.1, 0.15) is 13.2 Å². The summed E-state index contributed by atoms with van der Waals surface area (Å²) in [7, 11) is 0. The second-order valence-electron chi connectivity index (χ2n) is 5.94.